The van der Waals surface area contributed by atoms with Crippen molar-refractivity contribution in [3.05, 3.63) is 32.0 Å². The van der Waals surface area contributed by atoms with Crippen LogP contribution in [0.1, 0.15) is 121 Å². The number of carbonyl (C=O) groups excluding carboxylic acids is 4. The van der Waals surface area contributed by atoms with Crippen LogP contribution in [0.15, 0.2) is 10.2 Å². The third-order valence-corrected chi connectivity index (χ3v) is 9.18. The summed E-state index contributed by atoms with van der Waals surface area (Å²) in [7, 11) is 0. The van der Waals surface area contributed by atoms with E-state index in [0.29, 0.717) is 56.5 Å². The van der Waals surface area contributed by atoms with Gasteiger partial charge in [-0.2, -0.15) is 10.2 Å². The molecule has 2 aromatic rings. The van der Waals surface area contributed by atoms with Gasteiger partial charge in [-0.15, -0.1) is 22.7 Å². The Balaban J connectivity index is 1.65. The summed E-state index contributed by atoms with van der Waals surface area (Å²) in [5, 5.41) is 9.10. The van der Waals surface area contributed by atoms with Gasteiger partial charge in [-0.3, -0.25) is 9.59 Å². The molecule has 242 valence electrons. The number of thiophene rings is 2. The minimum Gasteiger partial charge on any atom is -0.462 e. The lowest BCUT2D eigenvalue weighted by Crippen LogP contribution is -2.19. The average molecular weight is 649 g/mol. The van der Waals surface area contributed by atoms with Gasteiger partial charge in [-0.1, -0.05) is 25.7 Å². The van der Waals surface area contributed by atoms with Crippen molar-refractivity contribution < 1.29 is 28.7 Å². The lowest BCUT2D eigenvalue weighted by atomic mass is 10.1. The van der Waals surface area contributed by atoms with Crippen LogP contribution >= 0.6 is 22.7 Å². The van der Waals surface area contributed by atoms with E-state index < -0.39 is 11.9 Å². The molecule has 2 aromatic heterocycles. The SMILES string of the molecule is CCOC(=O)c1c(N)sc(/C(C)=N/NC(=O)CCCCCCCCC(=O)N/N=C(\C)c2sc(N)c(C(=O)OCC)c2C)c1C. The Morgan fingerprint density at radius 3 is 1.34 bits per heavy atom. The lowest BCUT2D eigenvalue weighted by Gasteiger charge is -2.05. The van der Waals surface area contributed by atoms with Crippen molar-refractivity contribution >= 4 is 67.9 Å². The van der Waals surface area contributed by atoms with Gasteiger partial charge in [0.1, 0.15) is 10.0 Å². The average Bonchev–Trinajstić information content (AvgIpc) is 3.45. The Kier molecular flexibility index (Phi) is 15.0. The maximum Gasteiger partial charge on any atom is 0.341 e. The second-order valence-electron chi connectivity index (χ2n) is 10.1. The number of nitrogens with zero attached hydrogens (tertiary/aromatic N) is 2. The van der Waals surface area contributed by atoms with Crippen molar-refractivity contribution in [2.24, 2.45) is 10.2 Å². The van der Waals surface area contributed by atoms with Gasteiger partial charge >= 0.3 is 11.9 Å². The smallest absolute Gasteiger partial charge is 0.341 e. The number of unbranched alkanes of at least 4 members (excludes halogenated alkanes) is 5. The zero-order valence-corrected chi connectivity index (χ0v) is 28.0. The molecule has 0 bridgehead atoms. The number of nitrogen functional groups attached to an aromatic ring is 2. The molecule has 0 aliphatic carbocycles. The number of hydrogen-bond donors (Lipinski definition) is 4. The van der Waals surface area contributed by atoms with Crippen molar-refractivity contribution in [3.63, 3.8) is 0 Å². The molecule has 6 N–H and O–H groups in total. The molecule has 2 heterocycles. The number of anilines is 2. The topological polar surface area (TPSA) is 188 Å². The Morgan fingerprint density at radius 2 is 1.00 bits per heavy atom. The van der Waals surface area contributed by atoms with E-state index in [9.17, 15) is 19.2 Å². The van der Waals surface area contributed by atoms with Gasteiger partial charge < -0.3 is 20.9 Å². The van der Waals surface area contributed by atoms with Crippen molar-refractivity contribution in [1.29, 1.82) is 0 Å². The summed E-state index contributed by atoms with van der Waals surface area (Å²) in [5.41, 5.74) is 20.4. The molecule has 0 aliphatic heterocycles. The highest BCUT2D eigenvalue weighted by molar-refractivity contribution is 7.18. The van der Waals surface area contributed by atoms with Gasteiger partial charge in [0.2, 0.25) is 11.8 Å². The van der Waals surface area contributed by atoms with Crippen LogP contribution in [0.5, 0.6) is 0 Å². The minimum absolute atomic E-state index is 0.179. The number of nitrogens with one attached hydrogen (secondary N) is 2. The molecule has 2 amide bonds. The highest BCUT2D eigenvalue weighted by Crippen LogP contribution is 2.32. The number of nitrogens with two attached hydrogens (primary N) is 2. The Bertz CT molecular complexity index is 1290. The first kappa shape index (κ1) is 36.4. The summed E-state index contributed by atoms with van der Waals surface area (Å²) in [4.78, 5) is 50.2. The number of hydrogen-bond acceptors (Lipinski definition) is 12. The Labute approximate surface area is 266 Å². The van der Waals surface area contributed by atoms with E-state index in [1.807, 2.05) is 0 Å². The highest BCUT2D eigenvalue weighted by atomic mass is 32.1. The molecule has 12 nitrogen and oxygen atoms in total. The quantitative estimate of drug-likeness (QED) is 0.0754. The van der Waals surface area contributed by atoms with Crippen LogP contribution in [0.25, 0.3) is 0 Å². The van der Waals surface area contributed by atoms with E-state index >= 15 is 0 Å². The number of ether oxygens (including phenoxy) is 2. The van der Waals surface area contributed by atoms with Crippen molar-refractivity contribution in [1.82, 2.24) is 10.9 Å². The summed E-state index contributed by atoms with van der Waals surface area (Å²) in [6, 6.07) is 0. The minimum atomic E-state index is -0.464. The first-order chi connectivity index (χ1) is 20.9. The maximum atomic E-state index is 12.2. The molecule has 0 atom stereocenters. The monoisotopic (exact) mass is 648 g/mol. The van der Waals surface area contributed by atoms with Gasteiger partial charge in [0, 0.05) is 12.8 Å². The molecule has 0 saturated heterocycles. The van der Waals surface area contributed by atoms with Gasteiger partial charge in [0.05, 0.1) is 45.5 Å². The summed E-state index contributed by atoms with van der Waals surface area (Å²) < 4.78 is 10.1. The molecular weight excluding hydrogens is 605 g/mol. The van der Waals surface area contributed by atoms with Crippen LogP contribution < -0.4 is 22.3 Å². The van der Waals surface area contributed by atoms with Crippen LogP contribution in [0.2, 0.25) is 0 Å². The molecule has 0 aromatic carbocycles. The molecule has 0 aliphatic rings. The Morgan fingerprint density at radius 1 is 0.659 bits per heavy atom. The van der Waals surface area contributed by atoms with Crippen molar-refractivity contribution in [3.8, 4) is 0 Å². The largest absolute Gasteiger partial charge is 0.462 e. The molecule has 0 spiro atoms. The third kappa shape index (κ3) is 10.4. The maximum absolute atomic E-state index is 12.2. The first-order valence-corrected chi connectivity index (χ1v) is 16.3. The van der Waals surface area contributed by atoms with Crippen LogP contribution in [0.4, 0.5) is 10.0 Å². The van der Waals surface area contributed by atoms with Crippen LogP contribution in [0.3, 0.4) is 0 Å². The van der Waals surface area contributed by atoms with Gasteiger partial charge in [0.25, 0.3) is 0 Å². The summed E-state index contributed by atoms with van der Waals surface area (Å²) in [6.07, 6.45) is 5.88. The fourth-order valence-electron chi connectivity index (χ4n) is 4.46. The predicted molar refractivity (Wildman–Crippen MR) is 176 cm³/mol. The number of amides is 2. The number of carbonyl (C=O) groups is 4. The second kappa shape index (κ2) is 18.1. The number of hydrazone groups is 2. The molecule has 0 fully saturated rings. The fraction of sp³-hybridized carbons (Fsp3) is 0.533. The standard InChI is InChI=1S/C30H44N6O6S2/c1-7-41-29(39)23-17(3)25(43-27(23)31)19(5)33-35-21(37)15-13-11-9-10-12-14-16-22(38)36-34-20(6)26-18(4)24(28(32)44-26)30(40)42-8-2/h7-16,31-32H2,1-6H3,(H,35,37)(H,36,38)/b33-19+,34-20+. The Hall–Kier alpha value is -3.78. The summed E-state index contributed by atoms with van der Waals surface area (Å²) in [6.45, 7) is 11.1. The molecule has 14 heteroatoms. The number of esters is 2. The van der Waals surface area contributed by atoms with E-state index in [2.05, 4.69) is 21.1 Å². The van der Waals surface area contributed by atoms with E-state index in [-0.39, 0.29) is 25.0 Å². The molecular formula is C30H44N6O6S2. The van der Waals surface area contributed by atoms with Crippen molar-refractivity contribution in [2.75, 3.05) is 24.7 Å². The molecule has 2 rings (SSSR count). The van der Waals surface area contributed by atoms with E-state index in [1.54, 1.807) is 41.5 Å². The van der Waals surface area contributed by atoms with Gasteiger partial charge in [0.15, 0.2) is 0 Å². The fourth-order valence-corrected chi connectivity index (χ4v) is 6.47. The second-order valence-corrected chi connectivity index (χ2v) is 12.2. The normalized spacial score (nSPS) is 11.8. The first-order valence-electron chi connectivity index (χ1n) is 14.7. The summed E-state index contributed by atoms with van der Waals surface area (Å²) >= 11 is 2.48. The van der Waals surface area contributed by atoms with E-state index in [0.717, 1.165) is 48.3 Å². The molecule has 0 radical (unpaired) electrons. The highest BCUT2D eigenvalue weighted by Gasteiger charge is 2.23. The predicted octanol–water partition coefficient (Wildman–Crippen LogP) is 5.45. The molecule has 0 unspecified atom stereocenters. The van der Waals surface area contributed by atoms with Gasteiger partial charge in [-0.05, 0) is 65.5 Å². The zero-order valence-electron chi connectivity index (χ0n) is 26.4. The van der Waals surface area contributed by atoms with Crippen LogP contribution in [0, 0.1) is 13.8 Å². The third-order valence-electron chi connectivity index (χ3n) is 6.72. The molecule has 0 saturated carbocycles. The van der Waals surface area contributed by atoms with Gasteiger partial charge in [-0.25, -0.2) is 20.4 Å². The molecule has 44 heavy (non-hydrogen) atoms. The zero-order chi connectivity index (χ0) is 32.8. The van der Waals surface area contributed by atoms with E-state index in [4.69, 9.17) is 20.9 Å². The van der Waals surface area contributed by atoms with E-state index in [1.165, 1.54) is 22.7 Å². The number of rotatable bonds is 17. The lowest BCUT2D eigenvalue weighted by molar-refractivity contribution is -0.122. The van der Waals surface area contributed by atoms with Crippen molar-refractivity contribution in [2.45, 2.75) is 92.9 Å². The van der Waals surface area contributed by atoms with Crippen LogP contribution in [-0.4, -0.2) is 48.4 Å². The summed E-state index contributed by atoms with van der Waals surface area (Å²) in [5.74, 6) is -1.29. The van der Waals surface area contributed by atoms with Crippen LogP contribution in [-0.2, 0) is 19.1 Å².